The molecule has 1 heterocycles. The molecular formula is C11H15NO3S. The van der Waals surface area contributed by atoms with E-state index in [4.69, 9.17) is 4.74 Å². The van der Waals surface area contributed by atoms with Crippen LogP contribution in [0.2, 0.25) is 0 Å². The fourth-order valence-electron chi connectivity index (χ4n) is 0.948. The molecule has 4 nitrogen and oxygen atoms in total. The fraction of sp³-hybridized carbons (Fsp3) is 0.455. The van der Waals surface area contributed by atoms with Crippen molar-refractivity contribution in [2.45, 2.75) is 32.5 Å². The highest BCUT2D eigenvalue weighted by Crippen LogP contribution is 2.20. The van der Waals surface area contributed by atoms with Crippen LogP contribution in [-0.2, 0) is 4.74 Å². The highest BCUT2D eigenvalue weighted by Gasteiger charge is 2.21. The average Bonchev–Trinajstić information content (AvgIpc) is 2.62. The van der Waals surface area contributed by atoms with E-state index in [0.29, 0.717) is 5.01 Å². The summed E-state index contributed by atoms with van der Waals surface area (Å²) in [4.78, 5) is 15.6. The highest BCUT2D eigenvalue weighted by molar-refractivity contribution is 7.09. The minimum absolute atomic E-state index is 0.218. The van der Waals surface area contributed by atoms with Gasteiger partial charge in [-0.1, -0.05) is 6.08 Å². The minimum Gasteiger partial charge on any atom is -0.455 e. The van der Waals surface area contributed by atoms with Crippen molar-refractivity contribution in [1.29, 1.82) is 0 Å². The highest BCUT2D eigenvalue weighted by atomic mass is 32.1. The Hall–Kier alpha value is -1.20. The predicted molar refractivity (Wildman–Crippen MR) is 62.4 cm³/mol. The van der Waals surface area contributed by atoms with Gasteiger partial charge >= 0.3 is 5.97 Å². The van der Waals surface area contributed by atoms with Gasteiger partial charge in [-0.15, -0.1) is 17.9 Å². The number of carbonyl (C=O) groups excluding carboxylic acids is 1. The van der Waals surface area contributed by atoms with Crippen molar-refractivity contribution >= 4 is 17.3 Å². The zero-order valence-corrected chi connectivity index (χ0v) is 10.4. The van der Waals surface area contributed by atoms with Gasteiger partial charge in [-0.05, 0) is 20.8 Å². The van der Waals surface area contributed by atoms with Gasteiger partial charge in [0, 0.05) is 5.38 Å². The normalized spacial score (nSPS) is 13.2. The molecule has 0 amide bonds. The average molecular weight is 241 g/mol. The van der Waals surface area contributed by atoms with E-state index in [-0.39, 0.29) is 5.69 Å². The Balaban J connectivity index is 2.78. The Morgan fingerprint density at radius 1 is 1.69 bits per heavy atom. The van der Waals surface area contributed by atoms with Crippen LogP contribution in [0.3, 0.4) is 0 Å². The maximum absolute atomic E-state index is 11.6. The summed E-state index contributed by atoms with van der Waals surface area (Å²) < 4.78 is 5.15. The van der Waals surface area contributed by atoms with Gasteiger partial charge in [0.25, 0.3) is 0 Å². The molecule has 1 unspecified atom stereocenters. The first-order chi connectivity index (χ1) is 7.33. The van der Waals surface area contributed by atoms with E-state index in [2.05, 4.69) is 11.6 Å². The van der Waals surface area contributed by atoms with Crippen molar-refractivity contribution in [3.05, 3.63) is 28.7 Å². The SMILES string of the molecule is C=CC(O)c1nc(C(=O)OC(C)(C)C)cs1. The Kier molecular flexibility index (Phi) is 3.83. The standard InChI is InChI=1S/C11H15NO3S/c1-5-8(13)9-12-7(6-16-9)10(14)15-11(2,3)4/h5-6,8,13H,1H2,2-4H3. The monoisotopic (exact) mass is 241 g/mol. The lowest BCUT2D eigenvalue weighted by molar-refractivity contribution is 0.00633. The van der Waals surface area contributed by atoms with Crippen LogP contribution in [0.25, 0.3) is 0 Å². The summed E-state index contributed by atoms with van der Waals surface area (Å²) in [5.74, 6) is -0.480. The van der Waals surface area contributed by atoms with Gasteiger partial charge < -0.3 is 9.84 Å². The zero-order chi connectivity index (χ0) is 12.3. The largest absolute Gasteiger partial charge is 0.455 e. The van der Waals surface area contributed by atoms with E-state index >= 15 is 0 Å². The van der Waals surface area contributed by atoms with Crippen LogP contribution in [-0.4, -0.2) is 21.7 Å². The first-order valence-electron chi connectivity index (χ1n) is 4.83. The van der Waals surface area contributed by atoms with Gasteiger partial charge in [-0.2, -0.15) is 0 Å². The lowest BCUT2D eigenvalue weighted by Gasteiger charge is -2.18. The molecule has 1 aromatic rings. The topological polar surface area (TPSA) is 59.4 Å². The Morgan fingerprint density at radius 2 is 2.31 bits per heavy atom. The number of rotatable bonds is 3. The van der Waals surface area contributed by atoms with Crippen LogP contribution < -0.4 is 0 Å². The van der Waals surface area contributed by atoms with Crippen LogP contribution in [0.5, 0.6) is 0 Å². The first-order valence-corrected chi connectivity index (χ1v) is 5.71. The van der Waals surface area contributed by atoms with Gasteiger partial charge in [-0.25, -0.2) is 9.78 Å². The van der Waals surface area contributed by atoms with Crippen molar-refractivity contribution < 1.29 is 14.6 Å². The van der Waals surface area contributed by atoms with Crippen molar-refractivity contribution in [3.8, 4) is 0 Å². The van der Waals surface area contributed by atoms with Crippen LogP contribution in [0.15, 0.2) is 18.0 Å². The molecule has 1 N–H and O–H groups in total. The molecule has 88 valence electrons. The number of aromatic nitrogens is 1. The maximum atomic E-state index is 11.6. The second-order valence-electron chi connectivity index (χ2n) is 4.25. The molecule has 0 aliphatic heterocycles. The Labute approximate surface area is 98.6 Å². The van der Waals surface area contributed by atoms with Crippen molar-refractivity contribution in [2.75, 3.05) is 0 Å². The third-order valence-electron chi connectivity index (χ3n) is 1.61. The van der Waals surface area contributed by atoms with E-state index < -0.39 is 17.7 Å². The van der Waals surface area contributed by atoms with Gasteiger partial charge in [0.15, 0.2) is 5.69 Å². The molecule has 0 fully saturated rings. The second-order valence-corrected chi connectivity index (χ2v) is 5.14. The molecular weight excluding hydrogens is 226 g/mol. The maximum Gasteiger partial charge on any atom is 0.358 e. The van der Waals surface area contributed by atoms with E-state index in [1.807, 2.05) is 0 Å². The third-order valence-corrected chi connectivity index (χ3v) is 2.52. The molecule has 0 spiro atoms. The summed E-state index contributed by atoms with van der Waals surface area (Å²) in [5, 5.41) is 11.4. The second kappa shape index (κ2) is 4.76. The number of thiazole rings is 1. The molecule has 1 rings (SSSR count). The van der Waals surface area contributed by atoms with E-state index in [1.165, 1.54) is 17.4 Å². The van der Waals surface area contributed by atoms with Crippen LogP contribution in [0.1, 0.15) is 42.4 Å². The summed E-state index contributed by atoms with van der Waals surface area (Å²) >= 11 is 1.20. The smallest absolute Gasteiger partial charge is 0.358 e. The molecule has 0 saturated carbocycles. The number of nitrogens with zero attached hydrogens (tertiary/aromatic N) is 1. The van der Waals surface area contributed by atoms with E-state index in [1.54, 1.807) is 26.2 Å². The lowest BCUT2D eigenvalue weighted by atomic mass is 10.2. The number of aliphatic hydroxyl groups is 1. The van der Waals surface area contributed by atoms with Crippen molar-refractivity contribution in [1.82, 2.24) is 4.98 Å². The number of esters is 1. The quantitative estimate of drug-likeness (QED) is 0.651. The van der Waals surface area contributed by atoms with Gasteiger partial charge in [0.2, 0.25) is 0 Å². The van der Waals surface area contributed by atoms with Crippen LogP contribution in [0, 0.1) is 0 Å². The minimum atomic E-state index is -0.832. The summed E-state index contributed by atoms with van der Waals surface area (Å²) in [6, 6.07) is 0. The fourth-order valence-corrected chi connectivity index (χ4v) is 1.72. The molecule has 0 aliphatic carbocycles. The summed E-state index contributed by atoms with van der Waals surface area (Å²) in [6.07, 6.45) is 0.527. The predicted octanol–water partition coefficient (Wildman–Crippen LogP) is 2.32. The number of aliphatic hydroxyl groups excluding tert-OH is 1. The number of hydrogen-bond donors (Lipinski definition) is 1. The number of carbonyl (C=O) groups is 1. The van der Waals surface area contributed by atoms with Crippen molar-refractivity contribution in [3.63, 3.8) is 0 Å². The molecule has 5 heteroatoms. The Morgan fingerprint density at radius 3 is 2.81 bits per heavy atom. The Bertz CT molecular complexity index is 392. The van der Waals surface area contributed by atoms with Crippen LogP contribution in [0.4, 0.5) is 0 Å². The first kappa shape index (κ1) is 12.9. The van der Waals surface area contributed by atoms with Gasteiger partial charge in [-0.3, -0.25) is 0 Å². The van der Waals surface area contributed by atoms with Crippen molar-refractivity contribution in [2.24, 2.45) is 0 Å². The van der Waals surface area contributed by atoms with E-state index in [9.17, 15) is 9.90 Å². The number of hydrogen-bond acceptors (Lipinski definition) is 5. The van der Waals surface area contributed by atoms with Gasteiger partial charge in [0.1, 0.15) is 16.7 Å². The van der Waals surface area contributed by atoms with Crippen LogP contribution >= 0.6 is 11.3 Å². The lowest BCUT2D eigenvalue weighted by Crippen LogP contribution is -2.24. The molecule has 1 aromatic heterocycles. The molecule has 0 bridgehead atoms. The molecule has 0 aromatic carbocycles. The zero-order valence-electron chi connectivity index (χ0n) is 9.56. The summed E-state index contributed by atoms with van der Waals surface area (Å²) in [6.45, 7) is 8.82. The summed E-state index contributed by atoms with van der Waals surface area (Å²) in [5.41, 5.74) is -0.325. The molecule has 0 aliphatic rings. The molecule has 1 atom stereocenters. The third kappa shape index (κ3) is 3.43. The number of ether oxygens (including phenoxy) is 1. The molecule has 0 radical (unpaired) electrons. The summed E-state index contributed by atoms with van der Waals surface area (Å²) in [7, 11) is 0. The van der Waals surface area contributed by atoms with Gasteiger partial charge in [0.05, 0.1) is 0 Å². The van der Waals surface area contributed by atoms with E-state index in [0.717, 1.165) is 0 Å². The molecule has 16 heavy (non-hydrogen) atoms. The molecule has 0 saturated heterocycles.